The molecule has 1 heterocycles. The van der Waals surface area contributed by atoms with Crippen molar-refractivity contribution in [2.24, 2.45) is 0 Å². The van der Waals surface area contributed by atoms with E-state index in [0.29, 0.717) is 13.0 Å². The molecule has 0 aromatic heterocycles. The number of hydrogen-bond acceptors (Lipinski definition) is 3. The summed E-state index contributed by atoms with van der Waals surface area (Å²) in [6.07, 6.45) is 1.57. The summed E-state index contributed by atoms with van der Waals surface area (Å²) in [5, 5.41) is 0. The Kier molecular flexibility index (Phi) is 3.52. The minimum Gasteiger partial charge on any atom is -0.489 e. The molecule has 4 heteroatoms. The number of nitrogens with two attached hydrogens (primary N) is 1. The second-order valence-electron chi connectivity index (χ2n) is 4.29. The summed E-state index contributed by atoms with van der Waals surface area (Å²) in [4.78, 5) is 13.4. The van der Waals surface area contributed by atoms with Gasteiger partial charge < -0.3 is 15.4 Å². The highest BCUT2D eigenvalue weighted by Gasteiger charge is 2.26. The number of carbonyl (C=O) groups is 1. The van der Waals surface area contributed by atoms with Crippen molar-refractivity contribution in [2.75, 3.05) is 18.8 Å². The van der Waals surface area contributed by atoms with Crippen molar-refractivity contribution < 1.29 is 9.53 Å². The van der Waals surface area contributed by atoms with Crippen molar-refractivity contribution in [3.8, 4) is 5.75 Å². The molecule has 0 aliphatic carbocycles. The first-order chi connectivity index (χ1) is 8.19. The van der Waals surface area contributed by atoms with Crippen LogP contribution < -0.4 is 10.5 Å². The first-order valence-corrected chi connectivity index (χ1v) is 5.99. The van der Waals surface area contributed by atoms with E-state index in [1.54, 1.807) is 0 Å². The van der Waals surface area contributed by atoms with Crippen LogP contribution >= 0.6 is 0 Å². The zero-order chi connectivity index (χ0) is 12.3. The van der Waals surface area contributed by atoms with Gasteiger partial charge >= 0.3 is 0 Å². The number of rotatable bonds is 3. The molecular weight excluding hydrogens is 216 g/mol. The SMILES string of the molecule is CCC(=O)N1CCC(Oc2ccc(N)cc2)C1. The van der Waals surface area contributed by atoms with Crippen LogP contribution in [0.4, 0.5) is 5.69 Å². The number of carbonyl (C=O) groups excluding carboxylic acids is 1. The molecule has 4 nitrogen and oxygen atoms in total. The summed E-state index contributed by atoms with van der Waals surface area (Å²) < 4.78 is 5.81. The summed E-state index contributed by atoms with van der Waals surface area (Å²) in [5.74, 6) is 1.02. The van der Waals surface area contributed by atoms with Crippen LogP contribution in [0.3, 0.4) is 0 Å². The monoisotopic (exact) mass is 234 g/mol. The van der Waals surface area contributed by atoms with Crippen molar-refractivity contribution in [3.05, 3.63) is 24.3 Å². The van der Waals surface area contributed by atoms with E-state index in [4.69, 9.17) is 10.5 Å². The summed E-state index contributed by atoms with van der Waals surface area (Å²) >= 11 is 0. The Morgan fingerprint density at radius 2 is 2.18 bits per heavy atom. The fourth-order valence-corrected chi connectivity index (χ4v) is 2.01. The van der Waals surface area contributed by atoms with Gasteiger partial charge in [-0.1, -0.05) is 6.92 Å². The van der Waals surface area contributed by atoms with Crippen LogP contribution in [0, 0.1) is 0 Å². The molecule has 1 aliphatic heterocycles. The molecule has 1 atom stereocenters. The molecule has 1 aromatic carbocycles. The minimum atomic E-state index is 0.106. The van der Waals surface area contributed by atoms with Crippen molar-refractivity contribution in [3.63, 3.8) is 0 Å². The number of hydrogen-bond donors (Lipinski definition) is 1. The largest absolute Gasteiger partial charge is 0.489 e. The molecule has 17 heavy (non-hydrogen) atoms. The van der Waals surface area contributed by atoms with Gasteiger partial charge in [0.05, 0.1) is 6.54 Å². The van der Waals surface area contributed by atoms with Gasteiger partial charge in [0, 0.05) is 25.1 Å². The van der Waals surface area contributed by atoms with Gasteiger partial charge in [0.1, 0.15) is 11.9 Å². The molecule has 0 radical (unpaired) electrons. The number of anilines is 1. The van der Waals surface area contributed by atoms with Gasteiger partial charge in [-0.3, -0.25) is 4.79 Å². The van der Waals surface area contributed by atoms with Gasteiger partial charge in [0.2, 0.25) is 5.91 Å². The molecule has 92 valence electrons. The van der Waals surface area contributed by atoms with Crippen molar-refractivity contribution in [1.82, 2.24) is 4.90 Å². The van der Waals surface area contributed by atoms with Crippen LogP contribution in [0.1, 0.15) is 19.8 Å². The zero-order valence-corrected chi connectivity index (χ0v) is 10.1. The van der Waals surface area contributed by atoms with Crippen molar-refractivity contribution in [1.29, 1.82) is 0 Å². The molecule has 1 saturated heterocycles. The van der Waals surface area contributed by atoms with Crippen molar-refractivity contribution >= 4 is 11.6 Å². The van der Waals surface area contributed by atoms with E-state index < -0.39 is 0 Å². The van der Waals surface area contributed by atoms with E-state index in [-0.39, 0.29) is 12.0 Å². The first kappa shape index (κ1) is 11.8. The summed E-state index contributed by atoms with van der Waals surface area (Å²) in [5.41, 5.74) is 6.33. The summed E-state index contributed by atoms with van der Waals surface area (Å²) in [7, 11) is 0. The molecule has 1 unspecified atom stereocenters. The fraction of sp³-hybridized carbons (Fsp3) is 0.462. The smallest absolute Gasteiger partial charge is 0.222 e. The molecule has 2 N–H and O–H groups in total. The maximum absolute atomic E-state index is 11.5. The van der Waals surface area contributed by atoms with Crippen LogP contribution in [0.15, 0.2) is 24.3 Å². The molecule has 0 saturated carbocycles. The highest BCUT2D eigenvalue weighted by molar-refractivity contribution is 5.76. The van der Waals surface area contributed by atoms with Gasteiger partial charge in [-0.15, -0.1) is 0 Å². The molecule has 1 aromatic rings. The average molecular weight is 234 g/mol. The Morgan fingerprint density at radius 3 is 2.82 bits per heavy atom. The van der Waals surface area contributed by atoms with Gasteiger partial charge in [-0.2, -0.15) is 0 Å². The highest BCUT2D eigenvalue weighted by Crippen LogP contribution is 2.19. The third-order valence-electron chi connectivity index (χ3n) is 2.98. The molecule has 0 bridgehead atoms. The number of nitrogens with zero attached hydrogens (tertiary/aromatic N) is 1. The predicted molar refractivity (Wildman–Crippen MR) is 66.8 cm³/mol. The number of amides is 1. The molecule has 1 fully saturated rings. The highest BCUT2D eigenvalue weighted by atomic mass is 16.5. The van der Waals surface area contributed by atoms with Gasteiger partial charge in [0.15, 0.2) is 0 Å². The average Bonchev–Trinajstić information content (AvgIpc) is 2.80. The lowest BCUT2D eigenvalue weighted by Crippen LogP contribution is -2.30. The minimum absolute atomic E-state index is 0.106. The first-order valence-electron chi connectivity index (χ1n) is 5.99. The molecule has 0 spiro atoms. The van der Waals surface area contributed by atoms with E-state index >= 15 is 0 Å². The fourth-order valence-electron chi connectivity index (χ4n) is 2.01. The molecule has 2 rings (SSSR count). The Bertz CT molecular complexity index is 389. The number of ether oxygens (including phenoxy) is 1. The summed E-state index contributed by atoms with van der Waals surface area (Å²) in [6, 6.07) is 7.36. The summed E-state index contributed by atoms with van der Waals surface area (Å²) in [6.45, 7) is 3.37. The lowest BCUT2D eigenvalue weighted by molar-refractivity contribution is -0.130. The topological polar surface area (TPSA) is 55.6 Å². The van der Waals surface area contributed by atoms with E-state index in [1.807, 2.05) is 36.1 Å². The van der Waals surface area contributed by atoms with E-state index in [2.05, 4.69) is 0 Å². The van der Waals surface area contributed by atoms with Crippen LogP contribution in [-0.4, -0.2) is 30.0 Å². The maximum Gasteiger partial charge on any atom is 0.222 e. The van der Waals surface area contributed by atoms with Gasteiger partial charge in [-0.05, 0) is 24.3 Å². The second kappa shape index (κ2) is 5.08. The van der Waals surface area contributed by atoms with Gasteiger partial charge in [-0.25, -0.2) is 0 Å². The zero-order valence-electron chi connectivity index (χ0n) is 10.1. The second-order valence-corrected chi connectivity index (χ2v) is 4.29. The van der Waals surface area contributed by atoms with Crippen molar-refractivity contribution in [2.45, 2.75) is 25.9 Å². The third-order valence-corrected chi connectivity index (χ3v) is 2.98. The lowest BCUT2D eigenvalue weighted by atomic mass is 10.3. The Hall–Kier alpha value is -1.71. The maximum atomic E-state index is 11.5. The van der Waals surface area contributed by atoms with Crippen LogP contribution in [0.5, 0.6) is 5.75 Å². The Balaban J connectivity index is 1.89. The van der Waals surface area contributed by atoms with E-state index in [1.165, 1.54) is 0 Å². The molecule has 1 aliphatic rings. The van der Waals surface area contributed by atoms with Gasteiger partial charge in [0.25, 0.3) is 0 Å². The van der Waals surface area contributed by atoms with E-state index in [9.17, 15) is 4.79 Å². The standard InChI is InChI=1S/C13H18N2O2/c1-2-13(16)15-8-7-12(9-15)17-11-5-3-10(14)4-6-11/h3-6,12H,2,7-9,14H2,1H3. The quantitative estimate of drug-likeness (QED) is 0.809. The number of likely N-dealkylation sites (tertiary alicyclic amines) is 1. The number of nitrogen functional groups attached to an aromatic ring is 1. The number of benzene rings is 1. The Morgan fingerprint density at radius 1 is 1.47 bits per heavy atom. The molecule has 1 amide bonds. The normalized spacial score (nSPS) is 19.4. The third kappa shape index (κ3) is 2.90. The predicted octanol–water partition coefficient (Wildman–Crippen LogP) is 1.66. The van der Waals surface area contributed by atoms with Crippen LogP contribution in [0.25, 0.3) is 0 Å². The molecular formula is C13H18N2O2. The Labute approximate surface area is 101 Å². The van der Waals surface area contributed by atoms with Crippen LogP contribution in [0.2, 0.25) is 0 Å². The van der Waals surface area contributed by atoms with E-state index in [0.717, 1.165) is 24.4 Å². The lowest BCUT2D eigenvalue weighted by Gasteiger charge is -2.16. The van der Waals surface area contributed by atoms with Crippen LogP contribution in [-0.2, 0) is 4.79 Å².